The summed E-state index contributed by atoms with van der Waals surface area (Å²) in [6.07, 6.45) is 4.19. The van der Waals surface area contributed by atoms with Gasteiger partial charge in [-0.05, 0) is 81.8 Å². The Labute approximate surface area is 196 Å². The minimum atomic E-state index is -3.96. The third-order valence-corrected chi connectivity index (χ3v) is 8.42. The average molecular weight is 469 g/mol. The third-order valence-electron chi connectivity index (χ3n) is 6.90. The number of hydrogen-bond donors (Lipinski definition) is 1. The van der Waals surface area contributed by atoms with E-state index in [0.29, 0.717) is 35.3 Å². The molecule has 1 N–H and O–H groups in total. The number of benzene rings is 2. The summed E-state index contributed by atoms with van der Waals surface area (Å²) < 4.78 is 36.1. The Morgan fingerprint density at radius 3 is 2.24 bits per heavy atom. The van der Waals surface area contributed by atoms with Crippen LogP contribution in [0.1, 0.15) is 64.1 Å². The predicted molar refractivity (Wildman–Crippen MR) is 132 cm³/mol. The Kier molecular flexibility index (Phi) is 6.27. The van der Waals surface area contributed by atoms with E-state index in [0.717, 1.165) is 42.4 Å². The zero-order valence-corrected chi connectivity index (χ0v) is 20.9. The molecule has 1 aliphatic heterocycles. The second-order valence-corrected chi connectivity index (χ2v) is 10.8. The Hall–Kier alpha value is -2.80. The van der Waals surface area contributed by atoms with Crippen molar-refractivity contribution in [1.29, 1.82) is 0 Å². The number of nitrogens with zero attached hydrogens (tertiary/aromatic N) is 1. The van der Waals surface area contributed by atoms with Crippen LogP contribution in [-0.2, 0) is 10.0 Å². The Morgan fingerprint density at radius 1 is 0.909 bits per heavy atom. The summed E-state index contributed by atoms with van der Waals surface area (Å²) in [7, 11) is -3.96. The van der Waals surface area contributed by atoms with Gasteiger partial charge in [0.25, 0.3) is 15.9 Å². The molecule has 0 radical (unpaired) electrons. The lowest BCUT2D eigenvalue weighted by Gasteiger charge is -2.19. The number of likely N-dealkylation sites (tertiary alicyclic amines) is 1. The van der Waals surface area contributed by atoms with Crippen molar-refractivity contribution in [3.8, 4) is 0 Å². The molecule has 33 heavy (non-hydrogen) atoms. The van der Waals surface area contributed by atoms with Crippen molar-refractivity contribution in [3.05, 3.63) is 57.8 Å². The van der Waals surface area contributed by atoms with Gasteiger partial charge in [-0.2, -0.15) is 0 Å². The van der Waals surface area contributed by atoms with Crippen LogP contribution in [0.2, 0.25) is 0 Å². The number of carbonyl (C=O) groups is 1. The van der Waals surface area contributed by atoms with Crippen LogP contribution < -0.4 is 4.72 Å². The summed E-state index contributed by atoms with van der Waals surface area (Å²) in [4.78, 5) is 15.2. The number of aryl methyl sites for hydroxylation is 3. The van der Waals surface area contributed by atoms with Crippen LogP contribution in [0.4, 0.5) is 5.69 Å². The molecule has 4 rings (SSSR count). The monoisotopic (exact) mass is 468 g/mol. The second-order valence-electron chi connectivity index (χ2n) is 9.14. The number of amides is 1. The molecule has 1 aliphatic rings. The Morgan fingerprint density at radius 2 is 1.58 bits per heavy atom. The zero-order valence-electron chi connectivity index (χ0n) is 20.0. The fourth-order valence-corrected chi connectivity index (χ4v) is 6.12. The van der Waals surface area contributed by atoms with Crippen LogP contribution in [0.25, 0.3) is 11.0 Å². The second kappa shape index (κ2) is 8.86. The molecule has 0 atom stereocenters. The zero-order chi connectivity index (χ0) is 23.9. The standard InChI is InChI=1S/C26H32N2O4S/c1-16-11-10-12-22(18(16)3)27-33(30,31)25-19(4)17(2)15-21-20(5)23(32-24(21)25)26(29)28-13-8-6-7-9-14-28/h10-12,15,27H,6-9,13-14H2,1-5H3. The first kappa shape index (κ1) is 23.4. The minimum absolute atomic E-state index is 0.0939. The highest BCUT2D eigenvalue weighted by atomic mass is 32.2. The molecular formula is C26H32N2O4S. The van der Waals surface area contributed by atoms with E-state index in [1.54, 1.807) is 13.0 Å². The molecule has 1 saturated heterocycles. The van der Waals surface area contributed by atoms with Gasteiger partial charge in [0.15, 0.2) is 11.3 Å². The quantitative estimate of drug-likeness (QED) is 0.525. The first-order valence-corrected chi connectivity index (χ1v) is 13.0. The highest BCUT2D eigenvalue weighted by molar-refractivity contribution is 7.93. The van der Waals surface area contributed by atoms with Crippen LogP contribution in [-0.4, -0.2) is 32.3 Å². The van der Waals surface area contributed by atoms with E-state index in [1.165, 1.54) is 0 Å². The number of nitrogens with one attached hydrogen (secondary N) is 1. The van der Waals surface area contributed by atoms with Gasteiger partial charge in [-0.25, -0.2) is 8.42 Å². The molecule has 0 saturated carbocycles. The van der Waals surface area contributed by atoms with Gasteiger partial charge in [0.05, 0.1) is 5.69 Å². The number of carbonyl (C=O) groups excluding carboxylic acids is 1. The molecule has 1 amide bonds. The van der Waals surface area contributed by atoms with E-state index >= 15 is 0 Å². The number of hydrogen-bond acceptors (Lipinski definition) is 4. The number of fused-ring (bicyclic) bond motifs is 1. The van der Waals surface area contributed by atoms with Gasteiger partial charge in [-0.3, -0.25) is 9.52 Å². The molecule has 3 aromatic rings. The Balaban J connectivity index is 1.84. The van der Waals surface area contributed by atoms with Gasteiger partial charge in [-0.15, -0.1) is 0 Å². The maximum absolute atomic E-state index is 13.6. The first-order chi connectivity index (χ1) is 15.6. The van der Waals surface area contributed by atoms with Crippen molar-refractivity contribution in [2.45, 2.75) is 65.2 Å². The number of sulfonamides is 1. The fourth-order valence-electron chi connectivity index (χ4n) is 4.55. The molecule has 7 heteroatoms. The van der Waals surface area contributed by atoms with E-state index < -0.39 is 10.0 Å². The number of rotatable bonds is 4. The predicted octanol–water partition coefficient (Wildman–Crippen LogP) is 5.79. The molecule has 6 nitrogen and oxygen atoms in total. The maximum Gasteiger partial charge on any atom is 0.289 e. The summed E-state index contributed by atoms with van der Waals surface area (Å²) in [5, 5.41) is 0.664. The molecule has 0 unspecified atom stereocenters. The smallest absolute Gasteiger partial charge is 0.289 e. The summed E-state index contributed by atoms with van der Waals surface area (Å²) in [6, 6.07) is 7.44. The first-order valence-electron chi connectivity index (χ1n) is 11.5. The van der Waals surface area contributed by atoms with E-state index in [-0.39, 0.29) is 22.1 Å². The molecule has 0 spiro atoms. The Bertz CT molecular complexity index is 1330. The van der Waals surface area contributed by atoms with Gasteiger partial charge >= 0.3 is 0 Å². The van der Waals surface area contributed by atoms with Crippen molar-refractivity contribution in [1.82, 2.24) is 4.90 Å². The lowest BCUT2D eigenvalue weighted by Crippen LogP contribution is -2.31. The summed E-state index contributed by atoms with van der Waals surface area (Å²) in [5.74, 6) is 0.0758. The minimum Gasteiger partial charge on any atom is -0.449 e. The van der Waals surface area contributed by atoms with E-state index in [4.69, 9.17) is 4.42 Å². The SMILES string of the molecule is Cc1cccc(NS(=O)(=O)c2c(C)c(C)cc3c(C)c(C(=O)N4CCCCCC4)oc23)c1C. The molecular weight excluding hydrogens is 436 g/mol. The third kappa shape index (κ3) is 4.26. The van der Waals surface area contributed by atoms with Crippen LogP contribution in [0.3, 0.4) is 0 Å². The fraction of sp³-hybridized carbons (Fsp3) is 0.423. The van der Waals surface area contributed by atoms with Crippen molar-refractivity contribution < 1.29 is 17.6 Å². The van der Waals surface area contributed by atoms with E-state index in [1.807, 2.05) is 50.8 Å². The number of furan rings is 1. The topological polar surface area (TPSA) is 79.6 Å². The van der Waals surface area contributed by atoms with Gasteiger partial charge in [0.2, 0.25) is 0 Å². The van der Waals surface area contributed by atoms with Crippen molar-refractivity contribution >= 4 is 32.6 Å². The van der Waals surface area contributed by atoms with Crippen LogP contribution in [0, 0.1) is 34.6 Å². The van der Waals surface area contributed by atoms with Gasteiger partial charge < -0.3 is 9.32 Å². The highest BCUT2D eigenvalue weighted by Gasteiger charge is 2.30. The van der Waals surface area contributed by atoms with Crippen molar-refractivity contribution in [2.24, 2.45) is 0 Å². The molecule has 0 bridgehead atoms. The van der Waals surface area contributed by atoms with Crippen molar-refractivity contribution in [3.63, 3.8) is 0 Å². The molecule has 2 aromatic carbocycles. The average Bonchev–Trinajstić information content (AvgIpc) is 2.94. The normalized spacial score (nSPS) is 15.0. The molecule has 1 fully saturated rings. The highest BCUT2D eigenvalue weighted by Crippen LogP contribution is 2.36. The summed E-state index contributed by atoms with van der Waals surface area (Å²) in [6.45, 7) is 10.7. The van der Waals surface area contributed by atoms with Gasteiger partial charge in [-0.1, -0.05) is 25.0 Å². The lowest BCUT2D eigenvalue weighted by molar-refractivity contribution is 0.0731. The van der Waals surface area contributed by atoms with Crippen molar-refractivity contribution in [2.75, 3.05) is 17.8 Å². The number of anilines is 1. The van der Waals surface area contributed by atoms with Crippen LogP contribution >= 0.6 is 0 Å². The van der Waals surface area contributed by atoms with E-state index in [9.17, 15) is 13.2 Å². The molecule has 176 valence electrons. The molecule has 2 heterocycles. The summed E-state index contributed by atoms with van der Waals surface area (Å²) in [5.41, 5.74) is 4.78. The van der Waals surface area contributed by atoms with E-state index in [2.05, 4.69) is 4.72 Å². The van der Waals surface area contributed by atoms with Gasteiger partial charge in [0, 0.05) is 24.0 Å². The lowest BCUT2D eigenvalue weighted by atomic mass is 10.0. The van der Waals surface area contributed by atoms with Crippen LogP contribution in [0.5, 0.6) is 0 Å². The molecule has 0 aliphatic carbocycles. The molecule has 1 aromatic heterocycles. The largest absolute Gasteiger partial charge is 0.449 e. The summed E-state index contributed by atoms with van der Waals surface area (Å²) >= 11 is 0. The maximum atomic E-state index is 13.6. The van der Waals surface area contributed by atoms with Crippen LogP contribution in [0.15, 0.2) is 33.6 Å². The van der Waals surface area contributed by atoms with Gasteiger partial charge in [0.1, 0.15) is 4.90 Å².